The SMILES string of the molecule is Cn1c(-c2ccccc2)c(C(=O)CN2C(=O)N[C@@](C)(c3ccccc3)C2=O)c2ccccc21. The average molecular weight is 437 g/mol. The molecular weight excluding hydrogens is 414 g/mol. The normalized spacial score (nSPS) is 18.1. The second-order valence-electron chi connectivity index (χ2n) is 8.40. The molecule has 6 nitrogen and oxygen atoms in total. The predicted octanol–water partition coefficient (Wildman–Crippen LogP) is 4.50. The number of hydrogen-bond acceptors (Lipinski definition) is 3. The molecule has 0 aliphatic carbocycles. The smallest absolute Gasteiger partial charge is 0.325 e. The highest BCUT2D eigenvalue weighted by Gasteiger charge is 2.49. The Bertz CT molecular complexity index is 1390. The Hall–Kier alpha value is -4.19. The van der Waals surface area contributed by atoms with E-state index in [0.717, 1.165) is 27.1 Å². The lowest BCUT2D eigenvalue weighted by molar-refractivity contribution is -0.130. The second-order valence-corrected chi connectivity index (χ2v) is 8.40. The van der Waals surface area contributed by atoms with Gasteiger partial charge in [0, 0.05) is 18.0 Å². The fourth-order valence-corrected chi connectivity index (χ4v) is 4.64. The van der Waals surface area contributed by atoms with E-state index in [2.05, 4.69) is 5.32 Å². The Morgan fingerprint density at radius 3 is 2.18 bits per heavy atom. The molecule has 3 aromatic carbocycles. The van der Waals surface area contributed by atoms with E-state index < -0.39 is 17.5 Å². The number of carbonyl (C=O) groups excluding carboxylic acids is 3. The van der Waals surface area contributed by atoms with Crippen LogP contribution in [0.15, 0.2) is 84.9 Å². The van der Waals surface area contributed by atoms with Gasteiger partial charge in [-0.1, -0.05) is 78.9 Å². The number of hydrogen-bond donors (Lipinski definition) is 1. The van der Waals surface area contributed by atoms with Crippen molar-refractivity contribution in [1.82, 2.24) is 14.8 Å². The minimum Gasteiger partial charge on any atom is -0.343 e. The monoisotopic (exact) mass is 437 g/mol. The van der Waals surface area contributed by atoms with Crippen LogP contribution in [-0.4, -0.2) is 33.7 Å². The molecule has 1 aliphatic rings. The first-order valence-electron chi connectivity index (χ1n) is 10.8. The van der Waals surface area contributed by atoms with Crippen molar-refractivity contribution >= 4 is 28.6 Å². The van der Waals surface area contributed by atoms with Crippen LogP contribution in [-0.2, 0) is 17.4 Å². The number of nitrogens with one attached hydrogen (secondary N) is 1. The standard InChI is InChI=1S/C27H23N3O3/c1-27(19-13-7-4-8-14-19)25(32)30(26(33)28-27)17-22(31)23-20-15-9-10-16-21(20)29(2)24(23)18-11-5-3-6-12-18/h3-16H,17H2,1-2H3,(H,28,33)/t27-/m0/s1. The minimum absolute atomic E-state index is 0.286. The number of imide groups is 1. The molecule has 164 valence electrons. The average Bonchev–Trinajstić information content (AvgIpc) is 3.26. The number of amides is 3. The van der Waals surface area contributed by atoms with Crippen LogP contribution in [0.3, 0.4) is 0 Å². The fraction of sp³-hybridized carbons (Fsp3) is 0.148. The van der Waals surface area contributed by atoms with Gasteiger partial charge in [-0.25, -0.2) is 4.79 Å². The van der Waals surface area contributed by atoms with E-state index in [0.29, 0.717) is 11.1 Å². The van der Waals surface area contributed by atoms with E-state index in [1.807, 2.05) is 84.4 Å². The molecule has 0 unspecified atom stereocenters. The summed E-state index contributed by atoms with van der Waals surface area (Å²) in [6.07, 6.45) is 0. The largest absolute Gasteiger partial charge is 0.343 e. The molecule has 4 aromatic rings. The summed E-state index contributed by atoms with van der Waals surface area (Å²) in [7, 11) is 1.92. The summed E-state index contributed by atoms with van der Waals surface area (Å²) >= 11 is 0. The van der Waals surface area contributed by atoms with Crippen LogP contribution in [0, 0.1) is 0 Å². The topological polar surface area (TPSA) is 71.4 Å². The molecule has 5 rings (SSSR count). The number of aryl methyl sites for hydroxylation is 1. The Morgan fingerprint density at radius 2 is 1.48 bits per heavy atom. The third-order valence-electron chi connectivity index (χ3n) is 6.36. The maximum absolute atomic E-state index is 13.7. The lowest BCUT2D eigenvalue weighted by Gasteiger charge is -2.22. The molecule has 0 spiro atoms. The van der Waals surface area contributed by atoms with Crippen LogP contribution >= 0.6 is 0 Å². The molecule has 2 heterocycles. The van der Waals surface area contributed by atoms with Crippen LogP contribution < -0.4 is 5.32 Å². The number of nitrogens with zero attached hydrogens (tertiary/aromatic N) is 2. The number of aromatic nitrogens is 1. The summed E-state index contributed by atoms with van der Waals surface area (Å²) in [5.41, 5.74) is 2.54. The lowest BCUT2D eigenvalue weighted by Crippen LogP contribution is -2.41. The number of fused-ring (bicyclic) bond motifs is 1. The van der Waals surface area contributed by atoms with Gasteiger partial charge in [-0.15, -0.1) is 0 Å². The van der Waals surface area contributed by atoms with Crippen molar-refractivity contribution in [2.24, 2.45) is 7.05 Å². The van der Waals surface area contributed by atoms with Gasteiger partial charge in [-0.3, -0.25) is 14.5 Å². The summed E-state index contributed by atoms with van der Waals surface area (Å²) in [4.78, 5) is 40.8. The van der Waals surface area contributed by atoms with Gasteiger partial charge in [0.25, 0.3) is 5.91 Å². The highest BCUT2D eigenvalue weighted by atomic mass is 16.2. The first kappa shape index (κ1) is 20.7. The lowest BCUT2D eigenvalue weighted by atomic mass is 9.92. The molecule has 1 aliphatic heterocycles. The number of carbonyl (C=O) groups is 3. The Kier molecular flexibility index (Phi) is 4.86. The van der Waals surface area contributed by atoms with Crippen molar-refractivity contribution in [3.8, 4) is 11.3 Å². The van der Waals surface area contributed by atoms with E-state index in [9.17, 15) is 14.4 Å². The van der Waals surface area contributed by atoms with Crippen molar-refractivity contribution < 1.29 is 14.4 Å². The molecule has 0 saturated carbocycles. The molecule has 6 heteroatoms. The third kappa shape index (κ3) is 3.22. The zero-order valence-corrected chi connectivity index (χ0v) is 18.4. The molecule has 1 saturated heterocycles. The van der Waals surface area contributed by atoms with Crippen LogP contribution in [0.2, 0.25) is 0 Å². The number of ketones is 1. The van der Waals surface area contributed by atoms with Gasteiger partial charge in [-0.05, 0) is 24.1 Å². The van der Waals surface area contributed by atoms with Crippen LogP contribution in [0.1, 0.15) is 22.8 Å². The van der Waals surface area contributed by atoms with Crippen LogP contribution in [0.4, 0.5) is 4.79 Å². The molecule has 0 radical (unpaired) electrons. The van der Waals surface area contributed by atoms with E-state index in [4.69, 9.17) is 0 Å². The van der Waals surface area contributed by atoms with Crippen molar-refractivity contribution in [3.05, 3.63) is 96.1 Å². The minimum atomic E-state index is -1.21. The van der Waals surface area contributed by atoms with E-state index in [1.54, 1.807) is 19.1 Å². The maximum atomic E-state index is 13.7. The molecule has 33 heavy (non-hydrogen) atoms. The van der Waals surface area contributed by atoms with Gasteiger partial charge in [0.05, 0.1) is 17.8 Å². The Labute approximate surface area is 191 Å². The molecule has 3 amide bonds. The zero-order chi connectivity index (χ0) is 23.2. The van der Waals surface area contributed by atoms with Gasteiger partial charge in [0.15, 0.2) is 5.78 Å². The summed E-state index contributed by atoms with van der Waals surface area (Å²) < 4.78 is 1.98. The third-order valence-corrected chi connectivity index (χ3v) is 6.36. The summed E-state index contributed by atoms with van der Waals surface area (Å²) in [5, 5.41) is 3.57. The van der Waals surface area contributed by atoms with Crippen molar-refractivity contribution in [1.29, 1.82) is 0 Å². The summed E-state index contributed by atoms with van der Waals surface area (Å²) in [6.45, 7) is 1.33. The highest BCUT2D eigenvalue weighted by Crippen LogP contribution is 2.34. The number of Topliss-reactive ketones (excluding diaryl/α,β-unsaturated/α-hetero) is 1. The Balaban J connectivity index is 1.56. The molecular formula is C27H23N3O3. The van der Waals surface area contributed by atoms with Gasteiger partial charge in [0.1, 0.15) is 5.54 Å². The highest BCUT2D eigenvalue weighted by molar-refractivity contribution is 6.17. The number of rotatable bonds is 5. The number of urea groups is 1. The fourth-order valence-electron chi connectivity index (χ4n) is 4.64. The van der Waals surface area contributed by atoms with E-state index >= 15 is 0 Å². The van der Waals surface area contributed by atoms with Crippen LogP contribution in [0.5, 0.6) is 0 Å². The Morgan fingerprint density at radius 1 is 0.879 bits per heavy atom. The van der Waals surface area contributed by atoms with Gasteiger partial charge in [-0.2, -0.15) is 0 Å². The summed E-state index contributed by atoms with van der Waals surface area (Å²) in [6, 6.07) is 25.8. The quantitative estimate of drug-likeness (QED) is 0.369. The molecule has 1 N–H and O–H groups in total. The first-order valence-corrected chi connectivity index (χ1v) is 10.8. The maximum Gasteiger partial charge on any atom is 0.325 e. The van der Waals surface area contributed by atoms with Gasteiger partial charge in [0.2, 0.25) is 0 Å². The van der Waals surface area contributed by atoms with Crippen molar-refractivity contribution in [3.63, 3.8) is 0 Å². The van der Waals surface area contributed by atoms with Crippen molar-refractivity contribution in [2.75, 3.05) is 6.54 Å². The second kappa shape index (κ2) is 7.74. The molecule has 1 aromatic heterocycles. The van der Waals surface area contributed by atoms with Gasteiger partial charge >= 0.3 is 6.03 Å². The first-order chi connectivity index (χ1) is 15.9. The van der Waals surface area contributed by atoms with E-state index in [-0.39, 0.29) is 12.3 Å². The molecule has 1 fully saturated rings. The summed E-state index contributed by atoms with van der Waals surface area (Å²) in [5.74, 6) is -0.722. The predicted molar refractivity (Wildman–Crippen MR) is 127 cm³/mol. The van der Waals surface area contributed by atoms with Crippen molar-refractivity contribution in [2.45, 2.75) is 12.5 Å². The van der Waals surface area contributed by atoms with E-state index in [1.165, 1.54) is 0 Å². The zero-order valence-electron chi connectivity index (χ0n) is 18.4. The van der Waals surface area contributed by atoms with Crippen LogP contribution in [0.25, 0.3) is 22.2 Å². The molecule has 1 atom stereocenters. The number of para-hydroxylation sites is 1. The number of benzene rings is 3. The molecule has 0 bridgehead atoms. The van der Waals surface area contributed by atoms with Gasteiger partial charge < -0.3 is 9.88 Å².